The molecule has 6 nitrogen and oxygen atoms in total. The Bertz CT molecular complexity index is 697. The van der Waals surface area contributed by atoms with Gasteiger partial charge in [0, 0.05) is 50.3 Å². The zero-order chi connectivity index (χ0) is 20.1. The molecule has 2 aliphatic heterocycles. The fraction of sp³-hybridized carbons (Fsp3) is 0.591. The molecule has 6 heteroatoms. The van der Waals surface area contributed by atoms with Gasteiger partial charge in [-0.2, -0.15) is 0 Å². The van der Waals surface area contributed by atoms with Crippen LogP contribution < -0.4 is 10.5 Å². The van der Waals surface area contributed by atoms with Crippen molar-refractivity contribution in [3.05, 3.63) is 30.0 Å². The fourth-order valence-corrected chi connectivity index (χ4v) is 3.52. The summed E-state index contributed by atoms with van der Waals surface area (Å²) in [5.74, 6) is 0.825. The number of ether oxygens (including phenoxy) is 2. The highest BCUT2D eigenvalue weighted by Gasteiger charge is 2.27. The molecule has 1 aromatic rings. The standard InChI is InChI=1S/C22H33N3O3/c1-22(2,3)28-21(26)25-14-9-18(10-15-25)27-19-6-7-20(23)17(16-19)8-13-24-11-4-5-12-24/h6-8,13,16,18H,4-5,9-12,14-15,23H2,1-3H3/b13-8+. The quantitative estimate of drug-likeness (QED) is 0.788. The van der Waals surface area contributed by atoms with Gasteiger partial charge in [0.15, 0.2) is 0 Å². The van der Waals surface area contributed by atoms with Gasteiger partial charge in [-0.1, -0.05) is 0 Å². The molecule has 0 aromatic heterocycles. The van der Waals surface area contributed by atoms with E-state index in [1.807, 2.05) is 39.0 Å². The van der Waals surface area contributed by atoms with Crippen LogP contribution in [0.1, 0.15) is 52.0 Å². The van der Waals surface area contributed by atoms with Crippen molar-refractivity contribution in [1.29, 1.82) is 0 Å². The number of carbonyl (C=O) groups excluding carboxylic acids is 1. The Morgan fingerprint density at radius 3 is 2.46 bits per heavy atom. The van der Waals surface area contributed by atoms with Gasteiger partial charge in [0.1, 0.15) is 17.5 Å². The van der Waals surface area contributed by atoms with E-state index < -0.39 is 5.60 Å². The van der Waals surface area contributed by atoms with Crippen LogP contribution in [-0.2, 0) is 4.74 Å². The van der Waals surface area contributed by atoms with E-state index in [0.29, 0.717) is 13.1 Å². The van der Waals surface area contributed by atoms with Crippen molar-refractivity contribution in [2.75, 3.05) is 31.9 Å². The number of nitrogen functional groups attached to an aromatic ring is 1. The maximum absolute atomic E-state index is 12.2. The number of likely N-dealkylation sites (tertiary alicyclic amines) is 2. The monoisotopic (exact) mass is 387 g/mol. The molecule has 0 saturated carbocycles. The van der Waals surface area contributed by atoms with E-state index in [9.17, 15) is 4.79 Å². The Morgan fingerprint density at radius 2 is 1.82 bits per heavy atom. The summed E-state index contributed by atoms with van der Waals surface area (Å²) in [5, 5.41) is 0. The summed E-state index contributed by atoms with van der Waals surface area (Å²) in [5.41, 5.74) is 7.40. The maximum atomic E-state index is 12.2. The van der Waals surface area contributed by atoms with Crippen LogP contribution >= 0.6 is 0 Å². The largest absolute Gasteiger partial charge is 0.490 e. The van der Waals surface area contributed by atoms with Gasteiger partial charge in [0.05, 0.1) is 0 Å². The number of carbonyl (C=O) groups is 1. The molecule has 2 fully saturated rings. The molecule has 2 saturated heterocycles. The van der Waals surface area contributed by atoms with Crippen molar-refractivity contribution < 1.29 is 14.3 Å². The first-order chi connectivity index (χ1) is 13.3. The topological polar surface area (TPSA) is 68.0 Å². The first-order valence-corrected chi connectivity index (χ1v) is 10.3. The van der Waals surface area contributed by atoms with Crippen LogP contribution in [0.5, 0.6) is 5.75 Å². The Kier molecular flexibility index (Phi) is 6.37. The van der Waals surface area contributed by atoms with E-state index in [4.69, 9.17) is 15.2 Å². The minimum atomic E-state index is -0.465. The second kappa shape index (κ2) is 8.76. The number of nitrogens with two attached hydrogens (primary N) is 1. The Hall–Kier alpha value is -2.37. The number of hydrogen-bond donors (Lipinski definition) is 1. The van der Waals surface area contributed by atoms with Gasteiger partial charge in [-0.05, 0) is 64.1 Å². The lowest BCUT2D eigenvalue weighted by Crippen LogP contribution is -2.44. The zero-order valence-corrected chi connectivity index (χ0v) is 17.3. The molecular weight excluding hydrogens is 354 g/mol. The van der Waals surface area contributed by atoms with Gasteiger partial charge in [0.2, 0.25) is 0 Å². The number of piperidine rings is 1. The lowest BCUT2D eigenvalue weighted by atomic mass is 10.1. The normalized spacial score (nSPS) is 18.7. The number of benzene rings is 1. The van der Waals surface area contributed by atoms with Crippen molar-refractivity contribution >= 4 is 17.9 Å². The summed E-state index contributed by atoms with van der Waals surface area (Å²) >= 11 is 0. The summed E-state index contributed by atoms with van der Waals surface area (Å²) in [6.45, 7) is 9.19. The summed E-state index contributed by atoms with van der Waals surface area (Å²) in [6.07, 6.45) is 8.15. The zero-order valence-electron chi connectivity index (χ0n) is 17.3. The van der Waals surface area contributed by atoms with Crippen LogP contribution in [0.4, 0.5) is 10.5 Å². The molecule has 0 radical (unpaired) electrons. The van der Waals surface area contributed by atoms with E-state index in [1.54, 1.807) is 4.90 Å². The summed E-state index contributed by atoms with van der Waals surface area (Å²) in [4.78, 5) is 16.3. The lowest BCUT2D eigenvalue weighted by molar-refractivity contribution is 0.0126. The average Bonchev–Trinajstić information content (AvgIpc) is 3.15. The highest BCUT2D eigenvalue weighted by molar-refractivity contribution is 5.68. The Labute approximate surface area is 168 Å². The molecule has 0 unspecified atom stereocenters. The van der Waals surface area contributed by atoms with Crippen LogP contribution in [0.2, 0.25) is 0 Å². The van der Waals surface area contributed by atoms with Crippen LogP contribution in [0.3, 0.4) is 0 Å². The molecule has 1 aromatic carbocycles. The smallest absolute Gasteiger partial charge is 0.410 e. The van der Waals surface area contributed by atoms with Gasteiger partial charge >= 0.3 is 6.09 Å². The molecule has 0 bridgehead atoms. The van der Waals surface area contributed by atoms with Gasteiger partial charge in [0.25, 0.3) is 0 Å². The van der Waals surface area contributed by atoms with Crippen molar-refractivity contribution in [3.63, 3.8) is 0 Å². The highest BCUT2D eigenvalue weighted by atomic mass is 16.6. The molecule has 28 heavy (non-hydrogen) atoms. The third-order valence-corrected chi connectivity index (χ3v) is 5.06. The predicted octanol–water partition coefficient (Wildman–Crippen LogP) is 4.11. The van der Waals surface area contributed by atoms with Crippen molar-refractivity contribution in [2.24, 2.45) is 0 Å². The first-order valence-electron chi connectivity index (χ1n) is 10.3. The molecule has 3 rings (SSSR count). The second-order valence-electron chi connectivity index (χ2n) is 8.63. The summed E-state index contributed by atoms with van der Waals surface area (Å²) < 4.78 is 11.6. The van der Waals surface area contributed by atoms with E-state index in [1.165, 1.54) is 12.8 Å². The Balaban J connectivity index is 1.53. The van der Waals surface area contributed by atoms with Crippen LogP contribution in [-0.4, -0.2) is 53.8 Å². The number of nitrogens with zero attached hydrogens (tertiary/aromatic N) is 2. The molecule has 0 atom stereocenters. The first kappa shape index (κ1) is 20.4. The second-order valence-corrected chi connectivity index (χ2v) is 8.63. The third kappa shape index (κ3) is 5.81. The predicted molar refractivity (Wildman–Crippen MR) is 112 cm³/mol. The summed E-state index contributed by atoms with van der Waals surface area (Å²) in [7, 11) is 0. The molecule has 2 aliphatic rings. The van der Waals surface area contributed by atoms with E-state index in [-0.39, 0.29) is 12.2 Å². The molecule has 154 valence electrons. The number of hydrogen-bond acceptors (Lipinski definition) is 5. The minimum Gasteiger partial charge on any atom is -0.490 e. The summed E-state index contributed by atoms with van der Waals surface area (Å²) in [6, 6.07) is 5.82. The molecule has 0 spiro atoms. The number of amides is 1. The van der Waals surface area contributed by atoms with Gasteiger partial charge in [-0.3, -0.25) is 0 Å². The van der Waals surface area contributed by atoms with Crippen LogP contribution in [0.15, 0.2) is 24.4 Å². The van der Waals surface area contributed by atoms with Crippen LogP contribution in [0.25, 0.3) is 6.08 Å². The average molecular weight is 388 g/mol. The van der Waals surface area contributed by atoms with E-state index in [2.05, 4.69) is 17.2 Å². The number of anilines is 1. The van der Waals surface area contributed by atoms with Crippen molar-refractivity contribution in [3.8, 4) is 5.75 Å². The minimum absolute atomic E-state index is 0.0951. The highest BCUT2D eigenvalue weighted by Crippen LogP contribution is 2.25. The molecule has 1 amide bonds. The molecule has 0 aliphatic carbocycles. The number of rotatable bonds is 4. The molecule has 2 N–H and O–H groups in total. The van der Waals surface area contributed by atoms with Gasteiger partial charge < -0.3 is 25.0 Å². The van der Waals surface area contributed by atoms with Gasteiger partial charge in [-0.25, -0.2) is 4.79 Å². The van der Waals surface area contributed by atoms with Gasteiger partial charge in [-0.15, -0.1) is 0 Å². The van der Waals surface area contributed by atoms with E-state index >= 15 is 0 Å². The molecule has 2 heterocycles. The fourth-order valence-electron chi connectivity index (χ4n) is 3.52. The van der Waals surface area contributed by atoms with Crippen LogP contribution in [0, 0.1) is 0 Å². The lowest BCUT2D eigenvalue weighted by Gasteiger charge is -2.33. The maximum Gasteiger partial charge on any atom is 0.410 e. The van der Waals surface area contributed by atoms with Crippen molar-refractivity contribution in [2.45, 2.75) is 58.2 Å². The third-order valence-electron chi connectivity index (χ3n) is 5.06. The Morgan fingerprint density at radius 1 is 1.14 bits per heavy atom. The SMILES string of the molecule is CC(C)(C)OC(=O)N1CCC(Oc2ccc(N)c(/C=C/N3CCCC3)c2)CC1. The molecular formula is C22H33N3O3. The van der Waals surface area contributed by atoms with E-state index in [0.717, 1.165) is 42.9 Å². The van der Waals surface area contributed by atoms with Crippen molar-refractivity contribution in [1.82, 2.24) is 9.80 Å².